The number of ether oxygens (including phenoxy) is 1. The molecule has 4 nitrogen and oxygen atoms in total. The van der Waals surface area contributed by atoms with Crippen molar-refractivity contribution < 1.29 is 9.53 Å². The molecule has 1 N–H and O–H groups in total. The number of carbonyl (C=O) groups excluding carboxylic acids is 1. The van der Waals surface area contributed by atoms with E-state index in [-0.39, 0.29) is 11.3 Å². The lowest BCUT2D eigenvalue weighted by molar-refractivity contribution is 0.0487. The van der Waals surface area contributed by atoms with Gasteiger partial charge in [-0.3, -0.25) is 9.69 Å². The number of amides is 1. The van der Waals surface area contributed by atoms with E-state index < -0.39 is 0 Å². The minimum Gasteiger partial charge on any atom is -0.381 e. The molecule has 36 heavy (non-hydrogen) atoms. The van der Waals surface area contributed by atoms with Crippen LogP contribution in [0.3, 0.4) is 0 Å². The van der Waals surface area contributed by atoms with Gasteiger partial charge in [-0.05, 0) is 79.9 Å². The number of nitrogens with zero attached hydrogens (tertiary/aromatic N) is 1. The number of carbonyl (C=O) groups is 1. The van der Waals surface area contributed by atoms with E-state index in [9.17, 15) is 4.79 Å². The normalized spacial score (nSPS) is 18.6. The molecule has 0 bridgehead atoms. The summed E-state index contributed by atoms with van der Waals surface area (Å²) < 4.78 is 5.63. The molecule has 4 heteroatoms. The molecule has 188 valence electrons. The first kappa shape index (κ1) is 24.7. The highest BCUT2D eigenvalue weighted by Gasteiger charge is 2.34. The summed E-state index contributed by atoms with van der Waals surface area (Å²) in [5, 5.41) is 3.23. The van der Waals surface area contributed by atoms with Crippen LogP contribution in [0, 0.1) is 5.92 Å². The molecule has 0 aromatic heterocycles. The van der Waals surface area contributed by atoms with Crippen molar-refractivity contribution in [3.05, 3.63) is 107 Å². The molecular formula is C32H38N2O2. The predicted octanol–water partition coefficient (Wildman–Crippen LogP) is 5.62. The minimum absolute atomic E-state index is 0.00470. The first-order valence-corrected chi connectivity index (χ1v) is 13.5. The highest BCUT2D eigenvalue weighted by molar-refractivity contribution is 5.94. The maximum absolute atomic E-state index is 13.0. The molecule has 5 rings (SSSR count). The van der Waals surface area contributed by atoms with Crippen LogP contribution in [0.2, 0.25) is 0 Å². The summed E-state index contributed by atoms with van der Waals surface area (Å²) in [5.74, 6) is 0.787. The van der Waals surface area contributed by atoms with Gasteiger partial charge >= 0.3 is 0 Å². The maximum Gasteiger partial charge on any atom is 0.251 e. The molecule has 0 radical (unpaired) electrons. The molecule has 0 saturated carbocycles. The lowest BCUT2D eigenvalue weighted by Crippen LogP contribution is -2.44. The number of rotatable bonds is 8. The summed E-state index contributed by atoms with van der Waals surface area (Å²) in [6, 6.07) is 29.6. The van der Waals surface area contributed by atoms with Gasteiger partial charge in [0.2, 0.25) is 0 Å². The Labute approximate surface area is 215 Å². The Morgan fingerprint density at radius 3 is 2.14 bits per heavy atom. The van der Waals surface area contributed by atoms with E-state index in [2.05, 4.69) is 76.9 Å². The predicted molar refractivity (Wildman–Crippen MR) is 145 cm³/mol. The van der Waals surface area contributed by atoms with Crippen LogP contribution in [-0.4, -0.2) is 43.7 Å². The molecule has 2 fully saturated rings. The zero-order chi connectivity index (χ0) is 24.6. The molecule has 0 spiro atoms. The van der Waals surface area contributed by atoms with Crippen molar-refractivity contribution in [2.24, 2.45) is 5.92 Å². The summed E-state index contributed by atoms with van der Waals surface area (Å²) in [7, 11) is 0. The van der Waals surface area contributed by atoms with Crippen LogP contribution in [0.15, 0.2) is 84.9 Å². The van der Waals surface area contributed by atoms with E-state index in [1.807, 2.05) is 18.2 Å². The molecule has 2 saturated heterocycles. The Bertz CT molecular complexity index is 1080. The van der Waals surface area contributed by atoms with Crippen molar-refractivity contribution in [3.8, 4) is 0 Å². The van der Waals surface area contributed by atoms with Gasteiger partial charge in [-0.2, -0.15) is 0 Å². The van der Waals surface area contributed by atoms with Crippen LogP contribution in [-0.2, 0) is 23.1 Å². The maximum atomic E-state index is 13.0. The Morgan fingerprint density at radius 2 is 1.47 bits per heavy atom. The molecule has 0 unspecified atom stereocenters. The van der Waals surface area contributed by atoms with Crippen molar-refractivity contribution in [1.29, 1.82) is 0 Å². The molecular weight excluding hydrogens is 444 g/mol. The second-order valence-corrected chi connectivity index (χ2v) is 10.5. The monoisotopic (exact) mass is 482 g/mol. The SMILES string of the molecule is O=C(NCC1(c2ccccc2)CCOCC1)c1ccc(CN2CCC(Cc3ccccc3)CC2)cc1. The molecule has 2 aliphatic heterocycles. The highest BCUT2D eigenvalue weighted by Crippen LogP contribution is 2.34. The number of piperidine rings is 1. The second kappa shape index (κ2) is 11.9. The van der Waals surface area contributed by atoms with Gasteiger partial charge in [0, 0.05) is 37.3 Å². The van der Waals surface area contributed by atoms with Gasteiger partial charge in [-0.15, -0.1) is 0 Å². The Morgan fingerprint density at radius 1 is 0.833 bits per heavy atom. The Balaban J connectivity index is 1.11. The Hall–Kier alpha value is -2.95. The minimum atomic E-state index is -0.0538. The third-order valence-corrected chi connectivity index (χ3v) is 8.12. The van der Waals surface area contributed by atoms with Gasteiger partial charge in [0.15, 0.2) is 0 Å². The van der Waals surface area contributed by atoms with Gasteiger partial charge in [-0.25, -0.2) is 0 Å². The number of hydrogen-bond acceptors (Lipinski definition) is 3. The van der Waals surface area contributed by atoms with Crippen LogP contribution >= 0.6 is 0 Å². The standard InChI is InChI=1S/C32H38N2O2/c35-31(33-25-32(17-21-36-22-18-32)30-9-5-2-6-10-30)29-13-11-28(12-14-29)24-34-19-15-27(16-20-34)23-26-7-3-1-4-8-26/h1-14,27H,15-25H2,(H,33,35). The van der Waals surface area contributed by atoms with Gasteiger partial charge in [-0.1, -0.05) is 72.8 Å². The zero-order valence-electron chi connectivity index (χ0n) is 21.2. The van der Waals surface area contributed by atoms with Crippen LogP contribution in [0.25, 0.3) is 0 Å². The molecule has 2 heterocycles. The number of likely N-dealkylation sites (tertiary alicyclic amines) is 1. The van der Waals surface area contributed by atoms with E-state index in [4.69, 9.17) is 4.74 Å². The van der Waals surface area contributed by atoms with E-state index in [0.29, 0.717) is 6.54 Å². The van der Waals surface area contributed by atoms with Gasteiger partial charge < -0.3 is 10.1 Å². The first-order valence-electron chi connectivity index (χ1n) is 13.5. The van der Waals surface area contributed by atoms with Crippen LogP contribution in [0.1, 0.15) is 52.7 Å². The fraction of sp³-hybridized carbons (Fsp3) is 0.406. The third kappa shape index (κ3) is 6.24. The quantitative estimate of drug-likeness (QED) is 0.453. The fourth-order valence-electron chi connectivity index (χ4n) is 5.79. The first-order chi connectivity index (χ1) is 17.7. The number of hydrogen-bond donors (Lipinski definition) is 1. The summed E-state index contributed by atoms with van der Waals surface area (Å²) in [5.41, 5.74) is 4.70. The van der Waals surface area contributed by atoms with Crippen molar-refractivity contribution in [2.45, 2.75) is 44.1 Å². The van der Waals surface area contributed by atoms with E-state index >= 15 is 0 Å². The molecule has 3 aromatic rings. The molecule has 0 atom stereocenters. The van der Waals surface area contributed by atoms with E-state index in [1.165, 1.54) is 36.0 Å². The van der Waals surface area contributed by atoms with Gasteiger partial charge in [0.25, 0.3) is 5.91 Å². The van der Waals surface area contributed by atoms with Gasteiger partial charge in [0.1, 0.15) is 0 Å². The smallest absolute Gasteiger partial charge is 0.251 e. The highest BCUT2D eigenvalue weighted by atomic mass is 16.5. The number of benzene rings is 3. The van der Waals surface area contributed by atoms with Crippen LogP contribution < -0.4 is 5.32 Å². The molecule has 1 amide bonds. The summed E-state index contributed by atoms with van der Waals surface area (Å²) >= 11 is 0. The number of nitrogens with one attached hydrogen (secondary N) is 1. The zero-order valence-corrected chi connectivity index (χ0v) is 21.2. The fourth-order valence-corrected chi connectivity index (χ4v) is 5.79. The van der Waals surface area contributed by atoms with E-state index in [0.717, 1.165) is 57.2 Å². The molecule has 3 aromatic carbocycles. The lowest BCUT2D eigenvalue weighted by Gasteiger charge is -2.38. The topological polar surface area (TPSA) is 41.6 Å². The van der Waals surface area contributed by atoms with Crippen molar-refractivity contribution in [1.82, 2.24) is 10.2 Å². The average Bonchev–Trinajstić information content (AvgIpc) is 2.95. The van der Waals surface area contributed by atoms with Crippen molar-refractivity contribution in [3.63, 3.8) is 0 Å². The molecule has 2 aliphatic rings. The third-order valence-electron chi connectivity index (χ3n) is 8.12. The van der Waals surface area contributed by atoms with Crippen molar-refractivity contribution in [2.75, 3.05) is 32.8 Å². The summed E-state index contributed by atoms with van der Waals surface area (Å²) in [4.78, 5) is 15.5. The van der Waals surface area contributed by atoms with Crippen molar-refractivity contribution >= 4 is 5.91 Å². The van der Waals surface area contributed by atoms with E-state index in [1.54, 1.807) is 0 Å². The molecule has 0 aliphatic carbocycles. The second-order valence-electron chi connectivity index (χ2n) is 10.5. The largest absolute Gasteiger partial charge is 0.381 e. The van der Waals surface area contributed by atoms with Crippen LogP contribution in [0.5, 0.6) is 0 Å². The van der Waals surface area contributed by atoms with Crippen LogP contribution in [0.4, 0.5) is 0 Å². The lowest BCUT2D eigenvalue weighted by atomic mass is 9.74. The Kier molecular flexibility index (Phi) is 8.15. The summed E-state index contributed by atoms with van der Waals surface area (Å²) in [6.45, 7) is 5.36. The van der Waals surface area contributed by atoms with Gasteiger partial charge in [0.05, 0.1) is 0 Å². The summed E-state index contributed by atoms with van der Waals surface area (Å²) in [6.07, 6.45) is 5.56. The average molecular weight is 483 g/mol.